The summed E-state index contributed by atoms with van der Waals surface area (Å²) in [5.74, 6) is -1.10. The molecular formula is C16H16FNO5S. The molecule has 0 aliphatic heterocycles. The largest absolute Gasteiger partial charge is 0.494 e. The number of rotatable bonds is 6. The number of methoxy groups -OCH3 is 1. The summed E-state index contributed by atoms with van der Waals surface area (Å²) in [7, 11) is -2.09. The van der Waals surface area contributed by atoms with Crippen LogP contribution < -0.4 is 9.46 Å². The van der Waals surface area contributed by atoms with E-state index in [0.29, 0.717) is 5.56 Å². The molecular weight excluding hydrogens is 337 g/mol. The predicted molar refractivity (Wildman–Crippen MR) is 87.0 cm³/mol. The zero-order chi connectivity index (χ0) is 17.7. The summed E-state index contributed by atoms with van der Waals surface area (Å²) in [6.45, 7) is -0.122. The van der Waals surface area contributed by atoms with Gasteiger partial charge >= 0.3 is 5.97 Å². The fourth-order valence-electron chi connectivity index (χ4n) is 1.96. The molecule has 0 heterocycles. The van der Waals surface area contributed by atoms with Crippen molar-refractivity contribution in [2.45, 2.75) is 6.61 Å². The summed E-state index contributed by atoms with van der Waals surface area (Å²) in [6.07, 6.45) is 1.01. The van der Waals surface area contributed by atoms with Gasteiger partial charge in [0.2, 0.25) is 10.0 Å². The predicted octanol–water partition coefficient (Wildman–Crippen LogP) is 2.56. The van der Waals surface area contributed by atoms with Crippen LogP contribution in [0.25, 0.3) is 0 Å². The molecule has 0 bridgehead atoms. The van der Waals surface area contributed by atoms with Gasteiger partial charge < -0.3 is 9.47 Å². The van der Waals surface area contributed by atoms with Gasteiger partial charge in [-0.2, -0.15) is 0 Å². The molecule has 0 aromatic heterocycles. The number of nitrogens with one attached hydrogen (secondary N) is 1. The number of sulfonamides is 1. The number of benzene rings is 2. The summed E-state index contributed by atoms with van der Waals surface area (Å²) in [4.78, 5) is 12.0. The van der Waals surface area contributed by atoms with E-state index in [1.165, 1.54) is 43.5 Å². The van der Waals surface area contributed by atoms with Crippen LogP contribution in [0.15, 0.2) is 42.5 Å². The van der Waals surface area contributed by atoms with E-state index in [-0.39, 0.29) is 23.6 Å². The van der Waals surface area contributed by atoms with Crippen LogP contribution in [-0.4, -0.2) is 27.8 Å². The van der Waals surface area contributed by atoms with Crippen molar-refractivity contribution in [2.75, 3.05) is 18.1 Å². The first kappa shape index (κ1) is 17.7. The number of carbonyl (C=O) groups is 1. The molecule has 0 saturated heterocycles. The standard InChI is InChI=1S/C16H16FNO5S/c1-22-15-7-6-11(8-14(15)17)10-23-16(19)12-4-3-5-13(9-12)18-24(2,20)21/h3-9,18H,10H2,1-2H3. The molecule has 2 aromatic rings. The molecule has 24 heavy (non-hydrogen) atoms. The van der Waals surface area contributed by atoms with E-state index in [9.17, 15) is 17.6 Å². The van der Waals surface area contributed by atoms with Gasteiger partial charge in [-0.1, -0.05) is 12.1 Å². The molecule has 0 saturated carbocycles. The molecule has 2 aromatic carbocycles. The average Bonchev–Trinajstić information content (AvgIpc) is 2.51. The Kier molecular flexibility index (Phi) is 5.40. The van der Waals surface area contributed by atoms with Gasteiger partial charge in [0.1, 0.15) is 6.61 Å². The van der Waals surface area contributed by atoms with E-state index in [4.69, 9.17) is 9.47 Å². The number of halogens is 1. The van der Waals surface area contributed by atoms with Gasteiger partial charge in [-0.3, -0.25) is 4.72 Å². The topological polar surface area (TPSA) is 81.7 Å². The van der Waals surface area contributed by atoms with Crippen molar-refractivity contribution < 1.29 is 27.1 Å². The number of hydrogen-bond donors (Lipinski definition) is 1. The lowest BCUT2D eigenvalue weighted by Crippen LogP contribution is -2.11. The fraction of sp³-hybridized carbons (Fsp3) is 0.188. The van der Waals surface area contributed by atoms with Crippen LogP contribution in [-0.2, 0) is 21.4 Å². The Balaban J connectivity index is 2.05. The molecule has 8 heteroatoms. The molecule has 2 rings (SSSR count). The summed E-state index contributed by atoms with van der Waals surface area (Å²) < 4.78 is 48.2. The number of esters is 1. The third-order valence-corrected chi connectivity index (χ3v) is 3.59. The van der Waals surface area contributed by atoms with Crippen molar-refractivity contribution in [3.8, 4) is 5.75 Å². The van der Waals surface area contributed by atoms with Crippen molar-refractivity contribution in [1.82, 2.24) is 0 Å². The van der Waals surface area contributed by atoms with Crippen LogP contribution in [0.5, 0.6) is 5.75 Å². The summed E-state index contributed by atoms with van der Waals surface area (Å²) in [6, 6.07) is 10.1. The van der Waals surface area contributed by atoms with E-state index < -0.39 is 21.8 Å². The SMILES string of the molecule is COc1ccc(COC(=O)c2cccc(NS(C)(=O)=O)c2)cc1F. The zero-order valence-corrected chi connectivity index (χ0v) is 13.9. The minimum atomic E-state index is -3.44. The molecule has 0 amide bonds. The van der Waals surface area contributed by atoms with Gasteiger partial charge in [0.25, 0.3) is 0 Å². The maximum absolute atomic E-state index is 13.6. The first-order valence-corrected chi connectivity index (χ1v) is 8.75. The molecule has 0 unspecified atom stereocenters. The van der Waals surface area contributed by atoms with Crippen molar-refractivity contribution in [3.05, 3.63) is 59.4 Å². The summed E-state index contributed by atoms with van der Waals surface area (Å²) >= 11 is 0. The van der Waals surface area contributed by atoms with E-state index in [1.807, 2.05) is 0 Å². The van der Waals surface area contributed by atoms with E-state index in [1.54, 1.807) is 6.07 Å². The van der Waals surface area contributed by atoms with Crippen molar-refractivity contribution in [1.29, 1.82) is 0 Å². The highest BCUT2D eigenvalue weighted by atomic mass is 32.2. The van der Waals surface area contributed by atoms with Gasteiger partial charge in [-0.15, -0.1) is 0 Å². The summed E-state index contributed by atoms with van der Waals surface area (Å²) in [5.41, 5.74) is 0.896. The maximum Gasteiger partial charge on any atom is 0.338 e. The monoisotopic (exact) mass is 353 g/mol. The van der Waals surface area contributed by atoms with E-state index >= 15 is 0 Å². The molecule has 0 aliphatic rings. The minimum absolute atomic E-state index is 0.102. The lowest BCUT2D eigenvalue weighted by molar-refractivity contribution is 0.0472. The highest BCUT2D eigenvalue weighted by molar-refractivity contribution is 7.92. The second kappa shape index (κ2) is 7.31. The fourth-order valence-corrected chi connectivity index (χ4v) is 2.51. The number of anilines is 1. The Morgan fingerprint density at radius 2 is 1.96 bits per heavy atom. The van der Waals surface area contributed by atoms with Crippen LogP contribution in [0.3, 0.4) is 0 Å². The Hall–Kier alpha value is -2.61. The van der Waals surface area contributed by atoms with Crippen LogP contribution in [0.1, 0.15) is 15.9 Å². The molecule has 128 valence electrons. The lowest BCUT2D eigenvalue weighted by atomic mass is 10.2. The molecule has 6 nitrogen and oxygen atoms in total. The summed E-state index contributed by atoms with van der Waals surface area (Å²) in [5, 5.41) is 0. The second-order valence-corrected chi connectivity index (χ2v) is 6.75. The molecule has 0 spiro atoms. The maximum atomic E-state index is 13.6. The van der Waals surface area contributed by atoms with Gasteiger partial charge in [0, 0.05) is 5.69 Å². The number of ether oxygens (including phenoxy) is 2. The Morgan fingerprint density at radius 1 is 1.21 bits per heavy atom. The third-order valence-electron chi connectivity index (χ3n) is 2.99. The van der Waals surface area contributed by atoms with Gasteiger partial charge in [-0.05, 0) is 35.9 Å². The van der Waals surface area contributed by atoms with Gasteiger partial charge in [0.05, 0.1) is 18.9 Å². The third kappa shape index (κ3) is 4.95. The van der Waals surface area contributed by atoms with E-state index in [0.717, 1.165) is 6.26 Å². The average molecular weight is 353 g/mol. The molecule has 0 atom stereocenters. The normalized spacial score (nSPS) is 11.0. The molecule has 0 radical (unpaired) electrons. The van der Waals surface area contributed by atoms with Crippen LogP contribution >= 0.6 is 0 Å². The smallest absolute Gasteiger partial charge is 0.338 e. The van der Waals surface area contributed by atoms with Crippen LogP contribution in [0.4, 0.5) is 10.1 Å². The van der Waals surface area contributed by atoms with Gasteiger partial charge in [-0.25, -0.2) is 17.6 Å². The van der Waals surface area contributed by atoms with Crippen LogP contribution in [0, 0.1) is 5.82 Å². The quantitative estimate of drug-likeness (QED) is 0.807. The van der Waals surface area contributed by atoms with E-state index in [2.05, 4.69) is 4.72 Å². The van der Waals surface area contributed by atoms with Crippen LogP contribution in [0.2, 0.25) is 0 Å². The molecule has 0 aliphatic carbocycles. The lowest BCUT2D eigenvalue weighted by Gasteiger charge is -2.08. The Morgan fingerprint density at radius 3 is 2.58 bits per heavy atom. The highest BCUT2D eigenvalue weighted by Crippen LogP contribution is 2.19. The second-order valence-electron chi connectivity index (χ2n) is 5.00. The van der Waals surface area contributed by atoms with Crippen molar-refractivity contribution in [3.63, 3.8) is 0 Å². The number of hydrogen-bond acceptors (Lipinski definition) is 5. The Bertz CT molecular complexity index is 851. The highest BCUT2D eigenvalue weighted by Gasteiger charge is 2.11. The van der Waals surface area contributed by atoms with Crippen molar-refractivity contribution >= 4 is 21.7 Å². The molecule has 0 fully saturated rings. The zero-order valence-electron chi connectivity index (χ0n) is 13.1. The first-order chi connectivity index (χ1) is 11.3. The number of carbonyl (C=O) groups excluding carboxylic acids is 1. The minimum Gasteiger partial charge on any atom is -0.494 e. The molecule has 1 N–H and O–H groups in total. The Labute approximate surface area is 139 Å². The van der Waals surface area contributed by atoms with Crippen molar-refractivity contribution in [2.24, 2.45) is 0 Å². The first-order valence-electron chi connectivity index (χ1n) is 6.86. The van der Waals surface area contributed by atoms with Gasteiger partial charge in [0.15, 0.2) is 11.6 Å².